The molecule has 0 aliphatic heterocycles. The lowest BCUT2D eigenvalue weighted by Gasteiger charge is -2.10. The van der Waals surface area contributed by atoms with E-state index in [4.69, 9.17) is 5.73 Å². The molecule has 0 fully saturated rings. The van der Waals surface area contributed by atoms with E-state index < -0.39 is 18.6 Å². The van der Waals surface area contributed by atoms with Gasteiger partial charge in [0.25, 0.3) is 0 Å². The third-order valence-electron chi connectivity index (χ3n) is 1.22. The molecule has 0 spiro atoms. The summed E-state index contributed by atoms with van der Waals surface area (Å²) in [5.41, 5.74) is 5.25. The second-order valence-corrected chi connectivity index (χ2v) is 3.22. The van der Waals surface area contributed by atoms with E-state index in [0.29, 0.717) is 5.01 Å². The first-order chi connectivity index (χ1) is 5.49. The van der Waals surface area contributed by atoms with Crippen LogP contribution in [0.15, 0.2) is 11.6 Å². The summed E-state index contributed by atoms with van der Waals surface area (Å²) in [5.74, 6) is 0. The normalized spacial score (nSPS) is 14.7. The van der Waals surface area contributed by atoms with E-state index in [1.165, 1.54) is 6.20 Å². The van der Waals surface area contributed by atoms with Crippen molar-refractivity contribution < 1.29 is 13.2 Å². The van der Waals surface area contributed by atoms with Crippen LogP contribution in [-0.2, 0) is 0 Å². The van der Waals surface area contributed by atoms with Gasteiger partial charge in [0.2, 0.25) is 0 Å². The SMILES string of the molecule is N[C@@H](CC(F)(F)F)c1nccs1. The quantitative estimate of drug-likeness (QED) is 0.786. The summed E-state index contributed by atoms with van der Waals surface area (Å²) in [4.78, 5) is 3.69. The van der Waals surface area contributed by atoms with Crippen LogP contribution in [0.2, 0.25) is 0 Å². The fraction of sp³-hybridized carbons (Fsp3) is 0.500. The van der Waals surface area contributed by atoms with E-state index in [2.05, 4.69) is 4.98 Å². The largest absolute Gasteiger partial charge is 0.391 e. The Morgan fingerprint density at radius 3 is 2.67 bits per heavy atom. The van der Waals surface area contributed by atoms with Gasteiger partial charge in [-0.1, -0.05) is 0 Å². The third kappa shape index (κ3) is 2.78. The molecule has 6 heteroatoms. The highest BCUT2D eigenvalue weighted by atomic mass is 32.1. The smallest absolute Gasteiger partial charge is 0.322 e. The van der Waals surface area contributed by atoms with E-state index in [1.54, 1.807) is 5.38 Å². The molecule has 1 aromatic heterocycles. The first-order valence-electron chi connectivity index (χ1n) is 3.21. The van der Waals surface area contributed by atoms with Crippen molar-refractivity contribution in [2.45, 2.75) is 18.6 Å². The maximum atomic E-state index is 11.8. The van der Waals surface area contributed by atoms with Crippen molar-refractivity contribution in [2.24, 2.45) is 5.73 Å². The summed E-state index contributed by atoms with van der Waals surface area (Å²) in [7, 11) is 0. The van der Waals surface area contributed by atoms with Gasteiger partial charge in [-0.3, -0.25) is 0 Å². The molecule has 0 aromatic carbocycles. The summed E-state index contributed by atoms with van der Waals surface area (Å²) in [6, 6.07) is -1.02. The molecule has 1 atom stereocenters. The van der Waals surface area contributed by atoms with Crippen molar-refractivity contribution in [1.29, 1.82) is 0 Å². The lowest BCUT2D eigenvalue weighted by Crippen LogP contribution is -2.19. The maximum absolute atomic E-state index is 11.8. The molecule has 0 aliphatic rings. The van der Waals surface area contributed by atoms with Crippen LogP contribution in [0.1, 0.15) is 17.5 Å². The summed E-state index contributed by atoms with van der Waals surface area (Å²) in [6.45, 7) is 0. The zero-order chi connectivity index (χ0) is 9.19. The Morgan fingerprint density at radius 1 is 1.58 bits per heavy atom. The van der Waals surface area contributed by atoms with Crippen molar-refractivity contribution in [3.63, 3.8) is 0 Å². The van der Waals surface area contributed by atoms with E-state index in [9.17, 15) is 13.2 Å². The average Bonchev–Trinajstić information content (AvgIpc) is 2.32. The monoisotopic (exact) mass is 196 g/mol. The van der Waals surface area contributed by atoms with Gasteiger partial charge >= 0.3 is 6.18 Å². The van der Waals surface area contributed by atoms with E-state index in [-0.39, 0.29) is 0 Å². The molecular formula is C6H7F3N2S. The van der Waals surface area contributed by atoms with Gasteiger partial charge in [-0.2, -0.15) is 13.2 Å². The van der Waals surface area contributed by atoms with Gasteiger partial charge in [0.1, 0.15) is 5.01 Å². The number of aromatic nitrogens is 1. The minimum atomic E-state index is -4.22. The lowest BCUT2D eigenvalue weighted by molar-refractivity contribution is -0.138. The number of rotatable bonds is 2. The molecule has 1 aromatic rings. The van der Waals surface area contributed by atoms with Crippen LogP contribution in [0.4, 0.5) is 13.2 Å². The molecule has 68 valence electrons. The first-order valence-corrected chi connectivity index (χ1v) is 4.09. The second-order valence-electron chi connectivity index (χ2n) is 2.30. The number of thiazole rings is 1. The zero-order valence-electron chi connectivity index (χ0n) is 6.01. The van der Waals surface area contributed by atoms with Crippen molar-refractivity contribution in [3.8, 4) is 0 Å². The molecule has 0 saturated heterocycles. The summed E-state index contributed by atoms with van der Waals surface area (Å²) >= 11 is 1.14. The fourth-order valence-electron chi connectivity index (χ4n) is 0.754. The molecule has 0 radical (unpaired) electrons. The minimum absolute atomic E-state index is 0.326. The molecular weight excluding hydrogens is 189 g/mol. The minimum Gasteiger partial charge on any atom is -0.322 e. The number of halogens is 3. The Morgan fingerprint density at radius 2 is 2.25 bits per heavy atom. The number of nitrogens with zero attached hydrogens (tertiary/aromatic N) is 1. The number of alkyl halides is 3. The first kappa shape index (κ1) is 9.47. The van der Waals surface area contributed by atoms with Crippen LogP contribution in [0.3, 0.4) is 0 Å². The average molecular weight is 196 g/mol. The molecule has 12 heavy (non-hydrogen) atoms. The fourth-order valence-corrected chi connectivity index (χ4v) is 1.40. The van der Waals surface area contributed by atoms with E-state index in [0.717, 1.165) is 11.3 Å². The van der Waals surface area contributed by atoms with Gasteiger partial charge in [0.15, 0.2) is 0 Å². The van der Waals surface area contributed by atoms with Crippen LogP contribution in [0.5, 0.6) is 0 Å². The second kappa shape index (κ2) is 3.40. The van der Waals surface area contributed by atoms with Gasteiger partial charge in [-0.25, -0.2) is 4.98 Å². The highest BCUT2D eigenvalue weighted by Crippen LogP contribution is 2.28. The lowest BCUT2D eigenvalue weighted by atomic mass is 10.2. The molecule has 1 heterocycles. The van der Waals surface area contributed by atoms with Crippen LogP contribution in [0.25, 0.3) is 0 Å². The molecule has 0 amide bonds. The van der Waals surface area contributed by atoms with Crippen LogP contribution in [-0.4, -0.2) is 11.2 Å². The summed E-state index contributed by atoms with van der Waals surface area (Å²) in [5, 5.41) is 1.93. The van der Waals surface area contributed by atoms with E-state index in [1.807, 2.05) is 0 Å². The summed E-state index contributed by atoms with van der Waals surface area (Å²) < 4.78 is 35.4. The van der Waals surface area contributed by atoms with E-state index >= 15 is 0 Å². The van der Waals surface area contributed by atoms with Crippen molar-refractivity contribution >= 4 is 11.3 Å². The Hall–Kier alpha value is -0.620. The topological polar surface area (TPSA) is 38.9 Å². The molecule has 0 aliphatic carbocycles. The van der Waals surface area contributed by atoms with Crippen molar-refractivity contribution in [3.05, 3.63) is 16.6 Å². The molecule has 0 bridgehead atoms. The molecule has 1 rings (SSSR count). The Balaban J connectivity index is 2.56. The standard InChI is InChI=1S/C6H7F3N2S/c7-6(8,9)3-4(10)5-11-1-2-12-5/h1-2,4H,3,10H2/t4-/m0/s1. The predicted octanol–water partition coefficient (Wildman–Crippen LogP) is 2.10. The number of nitrogens with two attached hydrogens (primary N) is 1. The van der Waals surface area contributed by atoms with Gasteiger partial charge in [-0.05, 0) is 0 Å². The van der Waals surface area contributed by atoms with Crippen molar-refractivity contribution in [2.75, 3.05) is 0 Å². The van der Waals surface area contributed by atoms with Gasteiger partial charge in [0.05, 0.1) is 12.5 Å². The highest BCUT2D eigenvalue weighted by molar-refractivity contribution is 7.09. The molecule has 0 saturated carbocycles. The predicted molar refractivity (Wildman–Crippen MR) is 39.7 cm³/mol. The zero-order valence-corrected chi connectivity index (χ0v) is 6.82. The summed E-state index contributed by atoms with van der Waals surface area (Å²) in [6.07, 6.45) is -3.79. The van der Waals surface area contributed by atoms with Crippen LogP contribution >= 0.6 is 11.3 Å². The molecule has 2 nitrogen and oxygen atoms in total. The maximum Gasteiger partial charge on any atom is 0.391 e. The van der Waals surface area contributed by atoms with Gasteiger partial charge in [0, 0.05) is 11.6 Å². The van der Waals surface area contributed by atoms with Crippen molar-refractivity contribution in [1.82, 2.24) is 4.98 Å². The Kier molecular flexibility index (Phi) is 2.69. The molecule has 2 N–H and O–H groups in total. The molecule has 0 unspecified atom stereocenters. The van der Waals surface area contributed by atoms with Crippen LogP contribution in [0, 0.1) is 0 Å². The van der Waals surface area contributed by atoms with Gasteiger partial charge < -0.3 is 5.73 Å². The number of hydrogen-bond donors (Lipinski definition) is 1. The Bertz CT molecular complexity index is 231. The Labute approximate surface area is 71.2 Å². The van der Waals surface area contributed by atoms with Crippen LogP contribution < -0.4 is 5.73 Å². The third-order valence-corrected chi connectivity index (χ3v) is 2.13. The van der Waals surface area contributed by atoms with Gasteiger partial charge in [-0.15, -0.1) is 11.3 Å². The highest BCUT2D eigenvalue weighted by Gasteiger charge is 2.31. The number of hydrogen-bond acceptors (Lipinski definition) is 3.